The maximum atomic E-state index is 12.2. The summed E-state index contributed by atoms with van der Waals surface area (Å²) >= 11 is 1.59. The van der Waals surface area contributed by atoms with Crippen molar-refractivity contribution >= 4 is 23.4 Å². The molecular weight excluding hydrogens is 274 g/mol. The average molecular weight is 289 g/mol. The Bertz CT molecular complexity index is 628. The van der Waals surface area contributed by atoms with Crippen LogP contribution >= 0.6 is 11.8 Å². The van der Waals surface area contributed by atoms with Crippen LogP contribution in [0.1, 0.15) is 10.4 Å². The summed E-state index contributed by atoms with van der Waals surface area (Å²) in [6.45, 7) is 0. The van der Waals surface area contributed by atoms with Gasteiger partial charge in [0.2, 0.25) is 0 Å². The first-order valence-corrected chi connectivity index (χ1v) is 7.19. The van der Waals surface area contributed by atoms with Crippen molar-refractivity contribution in [2.75, 3.05) is 18.7 Å². The lowest BCUT2D eigenvalue weighted by molar-refractivity contribution is 0.102. The van der Waals surface area contributed by atoms with Crippen LogP contribution in [0.4, 0.5) is 5.69 Å². The Labute approximate surface area is 121 Å². The number of hydrogen-bond acceptors (Lipinski definition) is 4. The number of phenolic OH excluding ortho intramolecular Hbond substituents is 1. The third kappa shape index (κ3) is 3.05. The predicted octanol–water partition coefficient (Wildman–Crippen LogP) is 3.38. The molecule has 20 heavy (non-hydrogen) atoms. The van der Waals surface area contributed by atoms with Gasteiger partial charge in [-0.05, 0) is 36.6 Å². The summed E-state index contributed by atoms with van der Waals surface area (Å²) in [5.41, 5.74) is 0.864. The highest BCUT2D eigenvalue weighted by atomic mass is 32.2. The summed E-state index contributed by atoms with van der Waals surface area (Å²) < 4.78 is 4.99. The standard InChI is InChI=1S/C15H15NO3S/c1-19-13-8-4-7-12(14(13)17)15(18)16-10-5-3-6-11(9-10)20-2/h3-9,17H,1-2H3,(H,16,18). The van der Waals surface area contributed by atoms with Gasteiger partial charge in [-0.3, -0.25) is 4.79 Å². The number of rotatable bonds is 4. The molecular formula is C15H15NO3S. The molecule has 0 aliphatic rings. The maximum absolute atomic E-state index is 12.2. The number of aromatic hydroxyl groups is 1. The lowest BCUT2D eigenvalue weighted by atomic mass is 10.1. The van der Waals surface area contributed by atoms with E-state index in [4.69, 9.17) is 4.74 Å². The Kier molecular flexibility index (Phi) is 4.53. The van der Waals surface area contributed by atoms with Crippen molar-refractivity contribution in [2.45, 2.75) is 4.90 Å². The summed E-state index contributed by atoms with van der Waals surface area (Å²) in [6.07, 6.45) is 1.97. The van der Waals surface area contributed by atoms with E-state index in [0.717, 1.165) is 4.90 Å². The van der Waals surface area contributed by atoms with Crippen molar-refractivity contribution in [1.82, 2.24) is 0 Å². The van der Waals surface area contributed by atoms with Gasteiger partial charge in [0, 0.05) is 10.6 Å². The Balaban J connectivity index is 2.24. The van der Waals surface area contributed by atoms with Gasteiger partial charge in [0.1, 0.15) is 0 Å². The minimum atomic E-state index is -0.375. The van der Waals surface area contributed by atoms with Crippen LogP contribution in [0.15, 0.2) is 47.4 Å². The highest BCUT2D eigenvalue weighted by molar-refractivity contribution is 7.98. The van der Waals surface area contributed by atoms with Gasteiger partial charge in [-0.2, -0.15) is 0 Å². The number of methoxy groups -OCH3 is 1. The first-order chi connectivity index (χ1) is 9.65. The van der Waals surface area contributed by atoms with Crippen LogP contribution in [0, 0.1) is 0 Å². The van der Waals surface area contributed by atoms with E-state index in [-0.39, 0.29) is 23.0 Å². The number of hydrogen-bond donors (Lipinski definition) is 2. The first-order valence-electron chi connectivity index (χ1n) is 5.97. The molecule has 0 saturated carbocycles. The zero-order valence-corrected chi connectivity index (χ0v) is 12.0. The number of thioether (sulfide) groups is 1. The van der Waals surface area contributed by atoms with Crippen LogP contribution in [-0.4, -0.2) is 24.4 Å². The number of para-hydroxylation sites is 1. The molecule has 5 heteroatoms. The van der Waals surface area contributed by atoms with Crippen molar-refractivity contribution < 1.29 is 14.6 Å². The molecule has 0 radical (unpaired) electrons. The number of nitrogens with one attached hydrogen (secondary N) is 1. The minimum Gasteiger partial charge on any atom is -0.504 e. The second-order valence-corrected chi connectivity index (χ2v) is 4.92. The second kappa shape index (κ2) is 6.34. The van der Waals surface area contributed by atoms with E-state index in [9.17, 15) is 9.90 Å². The van der Waals surface area contributed by atoms with Crippen molar-refractivity contribution in [2.24, 2.45) is 0 Å². The zero-order valence-electron chi connectivity index (χ0n) is 11.2. The van der Waals surface area contributed by atoms with Gasteiger partial charge in [0.25, 0.3) is 5.91 Å². The molecule has 0 aliphatic carbocycles. The first kappa shape index (κ1) is 14.3. The Morgan fingerprint density at radius 2 is 2.00 bits per heavy atom. The van der Waals surface area contributed by atoms with E-state index in [1.54, 1.807) is 36.0 Å². The molecule has 0 bridgehead atoms. The fourth-order valence-corrected chi connectivity index (χ4v) is 2.23. The molecule has 4 nitrogen and oxygen atoms in total. The van der Waals surface area contributed by atoms with Crippen molar-refractivity contribution in [3.05, 3.63) is 48.0 Å². The highest BCUT2D eigenvalue weighted by Crippen LogP contribution is 2.30. The summed E-state index contributed by atoms with van der Waals surface area (Å²) in [5, 5.41) is 12.7. The molecule has 0 atom stereocenters. The van der Waals surface area contributed by atoms with Gasteiger partial charge in [0.15, 0.2) is 11.5 Å². The number of carbonyl (C=O) groups excluding carboxylic acids is 1. The number of ether oxygens (including phenoxy) is 1. The normalized spacial score (nSPS) is 10.1. The van der Waals surface area contributed by atoms with Crippen molar-refractivity contribution in [3.8, 4) is 11.5 Å². The molecule has 0 unspecified atom stereocenters. The van der Waals surface area contributed by atoms with Crippen LogP contribution in [0.3, 0.4) is 0 Å². The quantitative estimate of drug-likeness (QED) is 0.847. The number of benzene rings is 2. The molecule has 0 fully saturated rings. The van der Waals surface area contributed by atoms with Crippen molar-refractivity contribution in [3.63, 3.8) is 0 Å². The summed E-state index contributed by atoms with van der Waals surface area (Å²) in [4.78, 5) is 13.2. The van der Waals surface area contributed by atoms with E-state index < -0.39 is 0 Å². The minimum absolute atomic E-state index is 0.159. The van der Waals surface area contributed by atoms with E-state index in [1.807, 2.05) is 24.5 Å². The SMILES string of the molecule is COc1cccc(C(=O)Nc2cccc(SC)c2)c1O. The molecule has 0 saturated heterocycles. The molecule has 0 heterocycles. The number of anilines is 1. The highest BCUT2D eigenvalue weighted by Gasteiger charge is 2.14. The molecule has 0 aromatic heterocycles. The third-order valence-corrected chi connectivity index (χ3v) is 3.52. The van der Waals surface area contributed by atoms with Crippen LogP contribution in [0.25, 0.3) is 0 Å². The van der Waals surface area contributed by atoms with Crippen LogP contribution in [0.2, 0.25) is 0 Å². The van der Waals surface area contributed by atoms with Crippen LogP contribution in [-0.2, 0) is 0 Å². The molecule has 0 spiro atoms. The molecule has 2 aromatic rings. The third-order valence-electron chi connectivity index (χ3n) is 2.79. The smallest absolute Gasteiger partial charge is 0.259 e. The lowest BCUT2D eigenvalue weighted by Gasteiger charge is -2.10. The topological polar surface area (TPSA) is 58.6 Å². The van der Waals surface area contributed by atoms with Crippen LogP contribution in [0.5, 0.6) is 11.5 Å². The molecule has 2 N–H and O–H groups in total. The van der Waals surface area contributed by atoms with Gasteiger partial charge >= 0.3 is 0 Å². The monoisotopic (exact) mass is 289 g/mol. The fourth-order valence-electron chi connectivity index (χ4n) is 1.77. The molecule has 104 valence electrons. The van der Waals surface area contributed by atoms with E-state index in [2.05, 4.69) is 5.32 Å². The number of phenols is 1. The zero-order chi connectivity index (χ0) is 14.5. The largest absolute Gasteiger partial charge is 0.504 e. The number of carbonyl (C=O) groups is 1. The average Bonchev–Trinajstić information content (AvgIpc) is 2.47. The Hall–Kier alpha value is -2.14. The van der Waals surface area contributed by atoms with E-state index >= 15 is 0 Å². The maximum Gasteiger partial charge on any atom is 0.259 e. The molecule has 0 aliphatic heterocycles. The summed E-state index contributed by atoms with van der Waals surface area (Å²) in [7, 11) is 1.44. The van der Waals surface area contributed by atoms with Crippen molar-refractivity contribution in [1.29, 1.82) is 0 Å². The van der Waals surface area contributed by atoms with Gasteiger partial charge < -0.3 is 15.2 Å². The van der Waals surface area contributed by atoms with Gasteiger partial charge in [0.05, 0.1) is 12.7 Å². The van der Waals surface area contributed by atoms with Gasteiger partial charge in [-0.25, -0.2) is 0 Å². The summed E-state index contributed by atoms with van der Waals surface area (Å²) in [6, 6.07) is 12.3. The van der Waals surface area contributed by atoms with Gasteiger partial charge in [-0.15, -0.1) is 11.8 Å². The fraction of sp³-hybridized carbons (Fsp3) is 0.133. The van der Waals surface area contributed by atoms with Crippen LogP contribution < -0.4 is 10.1 Å². The van der Waals surface area contributed by atoms with E-state index in [0.29, 0.717) is 5.69 Å². The molecule has 2 rings (SSSR count). The Morgan fingerprint density at radius 1 is 1.25 bits per heavy atom. The second-order valence-electron chi connectivity index (χ2n) is 4.04. The lowest BCUT2D eigenvalue weighted by Crippen LogP contribution is -2.12. The van der Waals surface area contributed by atoms with Gasteiger partial charge in [-0.1, -0.05) is 12.1 Å². The molecule has 2 aromatic carbocycles. The summed E-state index contributed by atoms with van der Waals surface area (Å²) in [5.74, 6) is -0.260. The Morgan fingerprint density at radius 3 is 2.70 bits per heavy atom. The van der Waals surface area contributed by atoms with E-state index in [1.165, 1.54) is 7.11 Å². The number of amides is 1. The molecule has 1 amide bonds. The predicted molar refractivity (Wildman–Crippen MR) is 80.8 cm³/mol.